The molecule has 5 heteroatoms. The number of nitriles is 1. The Kier molecular flexibility index (Phi) is 3.67. The minimum atomic E-state index is -0.610. The molecule has 0 heterocycles. The van der Waals surface area contributed by atoms with Crippen molar-refractivity contribution in [1.29, 1.82) is 5.26 Å². The number of hydrogen-bond acceptors (Lipinski definition) is 4. The van der Waals surface area contributed by atoms with Gasteiger partial charge in [-0.3, -0.25) is 0 Å². The highest BCUT2D eigenvalue weighted by Gasteiger charge is 2.14. The number of aliphatic hydroxyl groups is 1. The average Bonchev–Trinajstić information content (AvgIpc) is 2.27. The van der Waals surface area contributed by atoms with Gasteiger partial charge >= 0.3 is 5.97 Å². The highest BCUT2D eigenvalue weighted by atomic mass is 35.5. The predicted octanol–water partition coefficient (Wildman–Crippen LogP) is 1.49. The maximum atomic E-state index is 11.2. The summed E-state index contributed by atoms with van der Waals surface area (Å²) >= 11 is 5.79. The molecule has 0 aliphatic rings. The largest absolute Gasteiger partial charge is 0.465 e. The molecule has 1 aromatic rings. The Bertz CT molecular complexity index is 437. The van der Waals surface area contributed by atoms with E-state index in [2.05, 4.69) is 4.74 Å². The molecule has 0 unspecified atom stereocenters. The van der Waals surface area contributed by atoms with Crippen LogP contribution in [0, 0.1) is 11.3 Å². The molecule has 0 saturated carbocycles. The molecule has 0 fully saturated rings. The number of methoxy groups -OCH3 is 1. The summed E-state index contributed by atoms with van der Waals surface area (Å²) in [6.07, 6.45) is 0. The first-order valence-electron chi connectivity index (χ1n) is 4.05. The molecule has 78 valence electrons. The molecule has 4 nitrogen and oxygen atoms in total. The molecule has 0 bridgehead atoms. The van der Waals surface area contributed by atoms with Gasteiger partial charge in [0.25, 0.3) is 0 Å². The standard InChI is InChI=1S/C10H8ClNO3/c1-15-10(14)8-2-6(4-12)7(5-13)3-9(8)11/h2-3,13H,5H2,1H3. The van der Waals surface area contributed by atoms with Gasteiger partial charge in [-0.25, -0.2) is 4.79 Å². The van der Waals surface area contributed by atoms with Crippen LogP contribution in [0.2, 0.25) is 5.02 Å². The van der Waals surface area contributed by atoms with E-state index in [4.69, 9.17) is 22.0 Å². The van der Waals surface area contributed by atoms with Crippen LogP contribution in [-0.4, -0.2) is 18.2 Å². The van der Waals surface area contributed by atoms with Gasteiger partial charge in [-0.2, -0.15) is 5.26 Å². The van der Waals surface area contributed by atoms with Gasteiger partial charge in [0.1, 0.15) is 0 Å². The van der Waals surface area contributed by atoms with E-state index in [0.29, 0.717) is 5.56 Å². The van der Waals surface area contributed by atoms with Crippen LogP contribution in [0.15, 0.2) is 12.1 Å². The molecule has 0 atom stereocenters. The van der Waals surface area contributed by atoms with Gasteiger partial charge < -0.3 is 9.84 Å². The summed E-state index contributed by atoms with van der Waals surface area (Å²) in [6.45, 7) is -0.302. The fourth-order valence-electron chi connectivity index (χ4n) is 1.12. The van der Waals surface area contributed by atoms with E-state index in [-0.39, 0.29) is 22.8 Å². The van der Waals surface area contributed by atoms with E-state index in [0.717, 1.165) is 0 Å². The fourth-order valence-corrected chi connectivity index (χ4v) is 1.38. The van der Waals surface area contributed by atoms with Gasteiger partial charge in [0.2, 0.25) is 0 Å². The van der Waals surface area contributed by atoms with Crippen molar-refractivity contribution in [3.63, 3.8) is 0 Å². The molecule has 0 radical (unpaired) electrons. The lowest BCUT2D eigenvalue weighted by molar-refractivity contribution is 0.0601. The van der Waals surface area contributed by atoms with Crippen LogP contribution in [0.4, 0.5) is 0 Å². The number of benzene rings is 1. The number of halogens is 1. The van der Waals surface area contributed by atoms with Gasteiger partial charge in [0.15, 0.2) is 0 Å². The molecule has 0 aromatic heterocycles. The minimum absolute atomic E-state index is 0.118. The van der Waals surface area contributed by atoms with E-state index in [1.54, 1.807) is 0 Å². The van der Waals surface area contributed by atoms with Crippen LogP contribution < -0.4 is 0 Å². The van der Waals surface area contributed by atoms with E-state index in [1.165, 1.54) is 19.2 Å². The topological polar surface area (TPSA) is 70.3 Å². The van der Waals surface area contributed by atoms with Crippen LogP contribution in [0.1, 0.15) is 21.5 Å². The summed E-state index contributed by atoms with van der Waals surface area (Å²) in [7, 11) is 1.23. The summed E-state index contributed by atoms with van der Waals surface area (Å²) in [4.78, 5) is 11.2. The van der Waals surface area contributed by atoms with E-state index in [9.17, 15) is 4.79 Å². The SMILES string of the molecule is COC(=O)c1cc(C#N)c(CO)cc1Cl. The maximum absolute atomic E-state index is 11.2. The number of rotatable bonds is 2. The van der Waals surface area contributed by atoms with Gasteiger partial charge in [-0.1, -0.05) is 11.6 Å². The van der Waals surface area contributed by atoms with E-state index >= 15 is 0 Å². The third-order valence-electron chi connectivity index (χ3n) is 1.89. The van der Waals surface area contributed by atoms with Gasteiger partial charge in [0, 0.05) is 0 Å². The predicted molar refractivity (Wildman–Crippen MR) is 53.4 cm³/mol. The molecule has 0 aliphatic carbocycles. The first-order chi connectivity index (χ1) is 7.13. The molecule has 1 aromatic carbocycles. The zero-order chi connectivity index (χ0) is 11.4. The van der Waals surface area contributed by atoms with Crippen LogP contribution in [0.25, 0.3) is 0 Å². The van der Waals surface area contributed by atoms with Crippen molar-refractivity contribution >= 4 is 17.6 Å². The number of hydrogen-bond donors (Lipinski definition) is 1. The molecule has 0 saturated heterocycles. The van der Waals surface area contributed by atoms with E-state index in [1.807, 2.05) is 6.07 Å². The fraction of sp³-hybridized carbons (Fsp3) is 0.200. The highest BCUT2D eigenvalue weighted by molar-refractivity contribution is 6.33. The van der Waals surface area contributed by atoms with Crippen molar-refractivity contribution in [2.24, 2.45) is 0 Å². The molecular weight excluding hydrogens is 218 g/mol. The van der Waals surface area contributed by atoms with Crippen LogP contribution >= 0.6 is 11.6 Å². The van der Waals surface area contributed by atoms with Crippen molar-refractivity contribution in [3.05, 3.63) is 33.8 Å². The first kappa shape index (κ1) is 11.5. The summed E-state index contributed by atoms with van der Waals surface area (Å²) in [6, 6.07) is 4.55. The Hall–Kier alpha value is -1.57. The quantitative estimate of drug-likeness (QED) is 0.775. The van der Waals surface area contributed by atoms with E-state index < -0.39 is 5.97 Å². The smallest absolute Gasteiger partial charge is 0.339 e. The summed E-state index contributed by atoms with van der Waals surface area (Å²) in [5.74, 6) is -0.610. The second-order valence-electron chi connectivity index (χ2n) is 2.75. The molecule has 15 heavy (non-hydrogen) atoms. The van der Waals surface area contributed by atoms with Crippen LogP contribution in [0.3, 0.4) is 0 Å². The third-order valence-corrected chi connectivity index (χ3v) is 2.20. The molecule has 1 N–H and O–H groups in total. The monoisotopic (exact) mass is 225 g/mol. The number of aliphatic hydroxyl groups excluding tert-OH is 1. The number of carbonyl (C=O) groups excluding carboxylic acids is 1. The number of carbonyl (C=O) groups is 1. The maximum Gasteiger partial charge on any atom is 0.339 e. The number of ether oxygens (including phenoxy) is 1. The second-order valence-corrected chi connectivity index (χ2v) is 3.16. The normalized spacial score (nSPS) is 9.47. The first-order valence-corrected chi connectivity index (χ1v) is 4.43. The highest BCUT2D eigenvalue weighted by Crippen LogP contribution is 2.22. The Labute approximate surface area is 91.7 Å². The Morgan fingerprint density at radius 1 is 1.67 bits per heavy atom. The number of nitrogens with zero attached hydrogens (tertiary/aromatic N) is 1. The Morgan fingerprint density at radius 3 is 2.80 bits per heavy atom. The van der Waals surface area contributed by atoms with Crippen molar-refractivity contribution in [3.8, 4) is 6.07 Å². The lowest BCUT2D eigenvalue weighted by atomic mass is 10.1. The third kappa shape index (κ3) is 2.27. The van der Waals surface area contributed by atoms with Gasteiger partial charge in [0.05, 0.1) is 35.9 Å². The Morgan fingerprint density at radius 2 is 2.33 bits per heavy atom. The molecule has 0 aliphatic heterocycles. The van der Waals surface area contributed by atoms with Crippen molar-refractivity contribution in [2.45, 2.75) is 6.61 Å². The zero-order valence-electron chi connectivity index (χ0n) is 7.95. The lowest BCUT2D eigenvalue weighted by Crippen LogP contribution is -2.04. The second kappa shape index (κ2) is 4.78. The average molecular weight is 226 g/mol. The molecule has 0 spiro atoms. The summed E-state index contributed by atoms with van der Waals surface area (Å²) < 4.78 is 4.49. The molecule has 0 amide bonds. The number of esters is 1. The van der Waals surface area contributed by atoms with Crippen molar-refractivity contribution < 1.29 is 14.6 Å². The summed E-state index contributed by atoms with van der Waals surface area (Å²) in [5, 5.41) is 17.9. The van der Waals surface area contributed by atoms with Crippen LogP contribution in [-0.2, 0) is 11.3 Å². The Balaban J connectivity index is 3.33. The van der Waals surface area contributed by atoms with Crippen LogP contribution in [0.5, 0.6) is 0 Å². The molecule has 1 rings (SSSR count). The summed E-state index contributed by atoms with van der Waals surface area (Å²) in [5.41, 5.74) is 0.713. The minimum Gasteiger partial charge on any atom is -0.465 e. The van der Waals surface area contributed by atoms with Gasteiger partial charge in [-0.15, -0.1) is 0 Å². The zero-order valence-corrected chi connectivity index (χ0v) is 8.71. The lowest BCUT2D eigenvalue weighted by Gasteiger charge is -2.05. The molecular formula is C10H8ClNO3. The van der Waals surface area contributed by atoms with Gasteiger partial charge in [-0.05, 0) is 17.7 Å². The van der Waals surface area contributed by atoms with Crippen molar-refractivity contribution in [1.82, 2.24) is 0 Å². The van der Waals surface area contributed by atoms with Crippen molar-refractivity contribution in [2.75, 3.05) is 7.11 Å².